The minimum atomic E-state index is -1.14. The number of rotatable bonds is 15. The van der Waals surface area contributed by atoms with Crippen LogP contribution in [-0.2, 0) is 26.4 Å². The Balaban J connectivity index is 0.000000125. The molecule has 0 bridgehead atoms. The monoisotopic (exact) mass is 1520 g/mol. The number of nitro benzene ring substituents is 2. The molecule has 11 fully saturated rings. The number of ether oxygens (including phenoxy) is 3. The fourth-order valence-electron chi connectivity index (χ4n) is 18.9. The van der Waals surface area contributed by atoms with E-state index in [4.69, 9.17) is 24.9 Å². The number of hydrogen-bond acceptors (Lipinski definition) is 22. The number of anilines is 7. The number of nitro groups is 2. The van der Waals surface area contributed by atoms with Crippen molar-refractivity contribution >= 4 is 62.5 Å². The van der Waals surface area contributed by atoms with Crippen LogP contribution in [0.15, 0.2) is 139 Å². The molecule has 26 heteroatoms. The molecule has 4 aromatic carbocycles. The van der Waals surface area contributed by atoms with Gasteiger partial charge in [0.15, 0.2) is 11.5 Å². The maximum atomic E-state index is 13.3. The summed E-state index contributed by atoms with van der Waals surface area (Å²) in [5.74, 6) is 0.845. The second kappa shape index (κ2) is 34.0. The SMILES string of the molecule is C=CCn1c(=O)c2cnc(Nc3ccc(N4CCC5(CC4)CCN(C4COC4)CC5)cc3)nc2n1-c1cccc(C(C)(C)O)n1.Nc1ccc(N2CCC3(CC2)CCN(C2COC2)CC3)cc1.O=[N+]([O-])c1ccc(N2CCC3(CC2)CCN(C2COC2)CC3)cc1.O=[N+]([O-])c1ccc(N2CCC3(CCNCC3)CC2)cc1. The Bertz CT molecular complexity index is 4300. The third kappa shape index (κ3) is 18.1. The predicted molar refractivity (Wildman–Crippen MR) is 437 cm³/mol. The molecule has 7 aromatic rings. The highest BCUT2D eigenvalue weighted by Crippen LogP contribution is 2.47. The largest absolute Gasteiger partial charge is 0.399 e. The Morgan fingerprint density at radius 3 is 1.24 bits per heavy atom. The first kappa shape index (κ1) is 77.7. The van der Waals surface area contributed by atoms with E-state index >= 15 is 0 Å². The Morgan fingerprint density at radius 1 is 0.532 bits per heavy atom. The average molecular weight is 1520 g/mol. The van der Waals surface area contributed by atoms with Gasteiger partial charge in [-0.2, -0.15) is 4.98 Å². The van der Waals surface area contributed by atoms with E-state index in [0.717, 1.165) is 115 Å². The number of fused-ring (bicyclic) bond motifs is 1. The number of nitrogens with two attached hydrogens (primary N) is 1. The van der Waals surface area contributed by atoms with Gasteiger partial charge in [-0.1, -0.05) is 12.1 Å². The fourth-order valence-corrected chi connectivity index (χ4v) is 18.9. The molecule has 11 saturated heterocycles. The van der Waals surface area contributed by atoms with Crippen molar-refractivity contribution < 1.29 is 29.2 Å². The van der Waals surface area contributed by atoms with Crippen LogP contribution in [0.25, 0.3) is 16.9 Å². The third-order valence-corrected chi connectivity index (χ3v) is 27.1. The predicted octanol–water partition coefficient (Wildman–Crippen LogP) is 11.8. The summed E-state index contributed by atoms with van der Waals surface area (Å²) in [5, 5.41) is 39.1. The molecular formula is C85H115N17O9. The minimum Gasteiger partial charge on any atom is -0.399 e. The molecule has 0 saturated carbocycles. The molecule has 18 rings (SSSR count). The fraction of sp³-hybridized carbons (Fsp3) is 0.576. The highest BCUT2D eigenvalue weighted by Gasteiger charge is 2.44. The van der Waals surface area contributed by atoms with E-state index in [1.165, 1.54) is 171 Å². The van der Waals surface area contributed by atoms with Crippen molar-refractivity contribution in [2.75, 3.05) is 175 Å². The van der Waals surface area contributed by atoms with Gasteiger partial charge in [-0.3, -0.25) is 39.7 Å². The van der Waals surface area contributed by atoms with Gasteiger partial charge >= 0.3 is 0 Å². The first-order valence-corrected chi connectivity index (χ1v) is 41.0. The number of aliphatic hydroxyl groups is 1. The van der Waals surface area contributed by atoms with Crippen LogP contribution in [0.5, 0.6) is 0 Å². The van der Waals surface area contributed by atoms with Crippen LogP contribution in [0.1, 0.15) is 122 Å². The molecule has 3 aromatic heterocycles. The molecule has 4 spiro atoms. The third-order valence-electron chi connectivity index (χ3n) is 27.1. The molecule has 0 unspecified atom stereocenters. The number of nitrogens with zero attached hydrogens (tertiary/aromatic N) is 14. The normalized spacial score (nSPS) is 22.2. The van der Waals surface area contributed by atoms with Gasteiger partial charge in [-0.05, 0) is 276 Å². The minimum absolute atomic E-state index is 0.166. The van der Waals surface area contributed by atoms with Gasteiger partial charge in [-0.25, -0.2) is 19.3 Å². The number of pyridine rings is 1. The number of aromatic nitrogens is 5. The number of benzene rings is 4. The van der Waals surface area contributed by atoms with Crippen LogP contribution in [-0.4, -0.2) is 216 Å². The summed E-state index contributed by atoms with van der Waals surface area (Å²) < 4.78 is 19.3. The van der Waals surface area contributed by atoms with Crippen LogP contribution in [0.2, 0.25) is 0 Å². The van der Waals surface area contributed by atoms with Crippen LogP contribution in [0.3, 0.4) is 0 Å². The summed E-state index contributed by atoms with van der Waals surface area (Å²) in [6, 6.07) is 38.1. The molecule has 5 N–H and O–H groups in total. The van der Waals surface area contributed by atoms with Crippen molar-refractivity contribution in [3.05, 3.63) is 170 Å². The Hall–Kier alpha value is -8.60. The van der Waals surface area contributed by atoms with Crippen LogP contribution in [0, 0.1) is 41.9 Å². The summed E-state index contributed by atoms with van der Waals surface area (Å²) in [4.78, 5) is 65.6. The molecule has 14 heterocycles. The van der Waals surface area contributed by atoms with Crippen molar-refractivity contribution in [3.8, 4) is 5.82 Å². The zero-order chi connectivity index (χ0) is 76.7. The molecule has 594 valence electrons. The summed E-state index contributed by atoms with van der Waals surface area (Å²) in [7, 11) is 0. The van der Waals surface area contributed by atoms with Gasteiger partial charge in [-0.15, -0.1) is 6.58 Å². The topological polar surface area (TPSA) is 273 Å². The molecule has 11 aliphatic heterocycles. The maximum absolute atomic E-state index is 13.3. The molecular weight excluding hydrogens is 1400 g/mol. The quantitative estimate of drug-likeness (QED) is 0.0321. The molecule has 0 radical (unpaired) electrons. The van der Waals surface area contributed by atoms with E-state index in [0.29, 0.717) is 68.3 Å². The smallest absolute Gasteiger partial charge is 0.278 e. The molecule has 26 nitrogen and oxygen atoms in total. The van der Waals surface area contributed by atoms with E-state index < -0.39 is 5.60 Å². The molecule has 111 heavy (non-hydrogen) atoms. The number of piperidine rings is 8. The molecule has 11 aliphatic rings. The maximum Gasteiger partial charge on any atom is 0.278 e. The van der Waals surface area contributed by atoms with Crippen molar-refractivity contribution in [1.29, 1.82) is 0 Å². The van der Waals surface area contributed by atoms with E-state index in [9.17, 15) is 30.1 Å². The number of allylic oxidation sites excluding steroid dienone is 1. The van der Waals surface area contributed by atoms with Crippen LogP contribution < -0.4 is 41.5 Å². The second-order valence-corrected chi connectivity index (χ2v) is 34.0. The van der Waals surface area contributed by atoms with Gasteiger partial charge in [0.05, 0.1) is 79.9 Å². The van der Waals surface area contributed by atoms with Crippen molar-refractivity contribution in [3.63, 3.8) is 0 Å². The lowest BCUT2D eigenvalue weighted by Gasteiger charge is -2.50. The van der Waals surface area contributed by atoms with Gasteiger partial charge < -0.3 is 55.3 Å². The summed E-state index contributed by atoms with van der Waals surface area (Å²) >= 11 is 0. The van der Waals surface area contributed by atoms with Crippen molar-refractivity contribution in [2.24, 2.45) is 21.7 Å². The van der Waals surface area contributed by atoms with E-state index in [1.54, 1.807) is 67.2 Å². The molecule has 0 atom stereocenters. The van der Waals surface area contributed by atoms with Gasteiger partial charge in [0.1, 0.15) is 11.0 Å². The zero-order valence-corrected chi connectivity index (χ0v) is 65.2. The number of hydrogen-bond donors (Lipinski definition) is 4. The van der Waals surface area contributed by atoms with E-state index in [-0.39, 0.29) is 33.3 Å². The van der Waals surface area contributed by atoms with E-state index in [1.807, 2.05) is 42.5 Å². The highest BCUT2D eigenvalue weighted by molar-refractivity contribution is 5.77. The first-order valence-electron chi connectivity index (χ1n) is 41.0. The summed E-state index contributed by atoms with van der Waals surface area (Å²) in [6.07, 6.45) is 23.9. The lowest BCUT2D eigenvalue weighted by atomic mass is 9.71. The number of nitrogens with one attached hydrogen (secondary N) is 2. The van der Waals surface area contributed by atoms with Gasteiger partial charge in [0.2, 0.25) is 5.95 Å². The average Bonchev–Trinajstić information content (AvgIpc) is 1.62. The summed E-state index contributed by atoms with van der Waals surface area (Å²) in [5.41, 5.74) is 14.3. The van der Waals surface area contributed by atoms with Gasteiger partial charge in [0, 0.05) is 117 Å². The molecule has 0 aliphatic carbocycles. The zero-order valence-electron chi connectivity index (χ0n) is 65.2. The number of nitrogen functional groups attached to an aromatic ring is 1. The van der Waals surface area contributed by atoms with Crippen LogP contribution in [0.4, 0.5) is 51.4 Å². The Labute approximate surface area is 652 Å². The number of non-ortho nitro benzene ring substituents is 2. The molecule has 0 amide bonds. The Kier molecular flexibility index (Phi) is 23.8. The second-order valence-electron chi connectivity index (χ2n) is 34.0. The first-order chi connectivity index (χ1) is 53.8. The lowest BCUT2D eigenvalue weighted by molar-refractivity contribution is -0.385. The van der Waals surface area contributed by atoms with Gasteiger partial charge in [0.25, 0.3) is 16.9 Å². The standard InChI is InChI=1S/C34H42N8O3.C18H25N3O3.C18H27N3O.C15H21N3O2/c1-4-16-41-31(43)27-21-35-32(38-30(27)42(41)29-7-5-6-28(37-29)33(2,3)44)36-24-8-10-25(11-9-24)39-17-12-34(13-18-39)14-19-40(20-15-34)26-22-45-23-26;22-21(23)16-3-1-15(2-4-16)19-9-5-18(6-10-19)7-11-20(12-8-18)17-13-24-14-17;19-15-1-3-16(4-2-15)20-9-5-18(6-10-20)7-11-21(12-8-18)17-13-22-14-17;19-18(20)14-3-1-13(2-4-14)17-11-7-15(8-12-17)5-9-16-10-6-15/h4-11,21,26,44H,1,12-20,22-23H2,2-3H3,(H,35,36,38);1-4,17H,5-14H2;1-4,17H,5-14,19H2;1-4,16H,5-12H2. The number of likely N-dealkylation sites (tertiary alicyclic amines) is 3. The van der Waals surface area contributed by atoms with E-state index in [2.05, 4.69) is 97.9 Å². The summed E-state index contributed by atoms with van der Waals surface area (Å²) in [6.45, 7) is 31.5. The van der Waals surface area contributed by atoms with Crippen molar-refractivity contribution in [1.82, 2.24) is 44.3 Å². The highest BCUT2D eigenvalue weighted by atomic mass is 16.6. The van der Waals surface area contributed by atoms with Crippen molar-refractivity contribution in [2.45, 2.75) is 147 Å². The van der Waals surface area contributed by atoms with Crippen LogP contribution >= 0.6 is 0 Å². The Morgan fingerprint density at radius 2 is 0.892 bits per heavy atom. The lowest BCUT2D eigenvalue weighted by Crippen LogP contribution is -2.54.